The van der Waals surface area contributed by atoms with Crippen molar-refractivity contribution >= 4 is 27.5 Å². The number of nitrogens with zero attached hydrogens (tertiary/aromatic N) is 1. The van der Waals surface area contributed by atoms with E-state index in [1.54, 1.807) is 12.1 Å². The number of benzene rings is 1. The minimum Gasteiger partial charge on any atom is -0.356 e. The van der Waals surface area contributed by atoms with Gasteiger partial charge in [0.25, 0.3) is 0 Å². The molecule has 8 heteroatoms. The molecule has 1 aromatic carbocycles. The van der Waals surface area contributed by atoms with Gasteiger partial charge >= 0.3 is 0 Å². The van der Waals surface area contributed by atoms with Gasteiger partial charge in [0.05, 0.1) is 4.90 Å². The second-order valence-electron chi connectivity index (χ2n) is 6.00. The first-order valence-electron chi connectivity index (χ1n) is 8.11. The number of nitrogens with one attached hydrogen (secondary N) is 2. The zero-order chi connectivity index (χ0) is 18.4. The van der Waals surface area contributed by atoms with Crippen LogP contribution in [0.15, 0.2) is 41.8 Å². The summed E-state index contributed by atoms with van der Waals surface area (Å²) in [6, 6.07) is 6.07. The number of amides is 2. The maximum absolute atomic E-state index is 12.7. The molecule has 1 aromatic rings. The summed E-state index contributed by atoms with van der Waals surface area (Å²) in [7, 11) is -3.55. The number of anilines is 1. The third-order valence-corrected chi connectivity index (χ3v) is 6.07. The van der Waals surface area contributed by atoms with Crippen LogP contribution in [0.1, 0.15) is 19.8 Å². The van der Waals surface area contributed by atoms with Crippen molar-refractivity contribution in [2.75, 3.05) is 25.0 Å². The summed E-state index contributed by atoms with van der Waals surface area (Å²) in [5.74, 6) is -0.123. The molecule has 0 aliphatic carbocycles. The number of hydrogen-bond donors (Lipinski definition) is 2. The van der Waals surface area contributed by atoms with Gasteiger partial charge in [-0.05, 0) is 49.1 Å². The van der Waals surface area contributed by atoms with Gasteiger partial charge in [0, 0.05) is 32.2 Å². The van der Waals surface area contributed by atoms with Crippen molar-refractivity contribution in [2.45, 2.75) is 24.7 Å². The molecule has 2 N–H and O–H groups in total. The predicted octanol–water partition coefficient (Wildman–Crippen LogP) is 1.35. The van der Waals surface area contributed by atoms with Gasteiger partial charge in [0.15, 0.2) is 0 Å². The lowest BCUT2D eigenvalue weighted by atomic mass is 9.98. The SMILES string of the molecule is C=CC(=O)Nc1ccc(S(=O)(=O)N2CCC(CNC(C)=O)CC2)cc1. The number of carbonyl (C=O) groups is 2. The van der Waals surface area contributed by atoms with Crippen molar-refractivity contribution in [1.29, 1.82) is 0 Å². The topological polar surface area (TPSA) is 95.6 Å². The largest absolute Gasteiger partial charge is 0.356 e. The molecular weight excluding hydrogens is 342 g/mol. The Hall–Kier alpha value is -2.19. The molecule has 1 heterocycles. The first kappa shape index (κ1) is 19.1. The minimum atomic E-state index is -3.55. The monoisotopic (exact) mass is 365 g/mol. The first-order chi connectivity index (χ1) is 11.8. The van der Waals surface area contributed by atoms with Crippen molar-refractivity contribution in [1.82, 2.24) is 9.62 Å². The number of hydrogen-bond acceptors (Lipinski definition) is 4. The van der Waals surface area contributed by atoms with E-state index in [2.05, 4.69) is 17.2 Å². The summed E-state index contributed by atoms with van der Waals surface area (Å²) in [6.45, 7) is 6.29. The van der Waals surface area contributed by atoms with Crippen molar-refractivity contribution in [3.05, 3.63) is 36.9 Å². The first-order valence-corrected chi connectivity index (χ1v) is 9.55. The Morgan fingerprint density at radius 3 is 2.36 bits per heavy atom. The van der Waals surface area contributed by atoms with Gasteiger partial charge < -0.3 is 10.6 Å². The second kappa shape index (κ2) is 8.26. The van der Waals surface area contributed by atoms with E-state index in [4.69, 9.17) is 0 Å². The molecule has 7 nitrogen and oxygen atoms in total. The van der Waals surface area contributed by atoms with Crippen LogP contribution in [0.5, 0.6) is 0 Å². The van der Waals surface area contributed by atoms with Gasteiger partial charge in [0.2, 0.25) is 21.8 Å². The van der Waals surface area contributed by atoms with Crippen molar-refractivity contribution in [3.8, 4) is 0 Å². The highest BCUT2D eigenvalue weighted by molar-refractivity contribution is 7.89. The zero-order valence-electron chi connectivity index (χ0n) is 14.2. The van der Waals surface area contributed by atoms with Crippen LogP contribution in [0.25, 0.3) is 0 Å². The molecule has 0 saturated carbocycles. The minimum absolute atomic E-state index is 0.0707. The average Bonchev–Trinajstić information content (AvgIpc) is 2.60. The van der Waals surface area contributed by atoms with Gasteiger partial charge in [-0.15, -0.1) is 0 Å². The molecule has 0 unspecified atom stereocenters. The molecule has 0 spiro atoms. The fourth-order valence-corrected chi connectivity index (χ4v) is 4.16. The van der Waals surface area contributed by atoms with Crippen LogP contribution >= 0.6 is 0 Å². The van der Waals surface area contributed by atoms with Gasteiger partial charge in [-0.3, -0.25) is 9.59 Å². The molecule has 0 radical (unpaired) electrons. The quantitative estimate of drug-likeness (QED) is 0.744. The highest BCUT2D eigenvalue weighted by atomic mass is 32.2. The van der Waals surface area contributed by atoms with Crippen LogP contribution in [-0.2, 0) is 19.6 Å². The summed E-state index contributed by atoms with van der Waals surface area (Å²) < 4.78 is 26.9. The van der Waals surface area contributed by atoms with Crippen LogP contribution in [0.3, 0.4) is 0 Å². The van der Waals surface area contributed by atoms with Crippen molar-refractivity contribution < 1.29 is 18.0 Å². The highest BCUT2D eigenvalue weighted by Gasteiger charge is 2.29. The lowest BCUT2D eigenvalue weighted by Gasteiger charge is -2.31. The van der Waals surface area contributed by atoms with Crippen LogP contribution in [0.4, 0.5) is 5.69 Å². The number of sulfonamides is 1. The Bertz CT molecular complexity index is 736. The molecular formula is C17H23N3O4S. The lowest BCUT2D eigenvalue weighted by molar-refractivity contribution is -0.119. The molecule has 2 rings (SSSR count). The van der Waals surface area contributed by atoms with E-state index in [0.29, 0.717) is 44.1 Å². The van der Waals surface area contributed by atoms with E-state index in [-0.39, 0.29) is 16.7 Å². The Balaban J connectivity index is 1.98. The van der Waals surface area contributed by atoms with E-state index in [9.17, 15) is 18.0 Å². The number of carbonyl (C=O) groups excluding carboxylic acids is 2. The molecule has 0 bridgehead atoms. The van der Waals surface area contributed by atoms with Gasteiger partial charge in [0.1, 0.15) is 0 Å². The average molecular weight is 365 g/mol. The molecule has 1 saturated heterocycles. The summed E-state index contributed by atoms with van der Waals surface area (Å²) in [6.07, 6.45) is 2.58. The molecule has 1 fully saturated rings. The molecule has 136 valence electrons. The van der Waals surface area contributed by atoms with Crippen LogP contribution in [0.2, 0.25) is 0 Å². The Kier molecular flexibility index (Phi) is 6.33. The van der Waals surface area contributed by atoms with Gasteiger partial charge in [-0.25, -0.2) is 8.42 Å². The second-order valence-corrected chi connectivity index (χ2v) is 7.94. The third-order valence-electron chi connectivity index (χ3n) is 4.16. The third kappa shape index (κ3) is 5.14. The van der Waals surface area contributed by atoms with E-state index < -0.39 is 10.0 Å². The standard InChI is InChI=1S/C17H23N3O4S/c1-3-17(22)19-15-4-6-16(7-5-15)25(23,24)20-10-8-14(9-11-20)12-18-13(2)21/h3-7,14H,1,8-12H2,2H3,(H,18,21)(H,19,22). The lowest BCUT2D eigenvalue weighted by Crippen LogP contribution is -2.41. The molecule has 25 heavy (non-hydrogen) atoms. The smallest absolute Gasteiger partial charge is 0.247 e. The number of piperidine rings is 1. The predicted molar refractivity (Wildman–Crippen MR) is 95.4 cm³/mol. The summed E-state index contributed by atoms with van der Waals surface area (Å²) >= 11 is 0. The maximum Gasteiger partial charge on any atom is 0.247 e. The van der Waals surface area contributed by atoms with Gasteiger partial charge in [-0.1, -0.05) is 6.58 Å². The van der Waals surface area contributed by atoms with Crippen LogP contribution < -0.4 is 10.6 Å². The van der Waals surface area contributed by atoms with Crippen molar-refractivity contribution in [2.24, 2.45) is 5.92 Å². The van der Waals surface area contributed by atoms with E-state index in [1.165, 1.54) is 23.4 Å². The Labute approximate surface area is 148 Å². The maximum atomic E-state index is 12.7. The summed E-state index contributed by atoms with van der Waals surface area (Å²) in [4.78, 5) is 22.4. The molecule has 1 aliphatic heterocycles. The van der Waals surface area contributed by atoms with Gasteiger partial charge in [-0.2, -0.15) is 4.31 Å². The fourth-order valence-electron chi connectivity index (χ4n) is 2.69. The number of rotatable bonds is 6. The van der Waals surface area contributed by atoms with Crippen molar-refractivity contribution in [3.63, 3.8) is 0 Å². The van der Waals surface area contributed by atoms with E-state index in [1.807, 2.05) is 0 Å². The molecule has 0 aromatic heterocycles. The highest BCUT2D eigenvalue weighted by Crippen LogP contribution is 2.24. The van der Waals surface area contributed by atoms with E-state index in [0.717, 1.165) is 6.08 Å². The van der Waals surface area contributed by atoms with E-state index >= 15 is 0 Å². The van der Waals surface area contributed by atoms with Crippen LogP contribution in [0, 0.1) is 5.92 Å². The molecule has 2 amide bonds. The molecule has 0 atom stereocenters. The Morgan fingerprint density at radius 2 is 1.84 bits per heavy atom. The summed E-state index contributed by atoms with van der Waals surface area (Å²) in [5, 5.41) is 5.36. The fraction of sp³-hybridized carbons (Fsp3) is 0.412. The molecule has 1 aliphatic rings. The van der Waals surface area contributed by atoms with Crippen LogP contribution in [-0.4, -0.2) is 44.2 Å². The normalized spacial score (nSPS) is 16.2. The summed E-state index contributed by atoms with van der Waals surface area (Å²) in [5.41, 5.74) is 0.512. The Morgan fingerprint density at radius 1 is 1.24 bits per heavy atom. The zero-order valence-corrected chi connectivity index (χ0v) is 15.0.